The number of sulfonamides is 1. The van der Waals surface area contributed by atoms with E-state index in [0.29, 0.717) is 29.3 Å². The maximum atomic E-state index is 12.8. The van der Waals surface area contributed by atoms with E-state index in [1.165, 1.54) is 36.4 Å². The molecule has 1 saturated heterocycles. The van der Waals surface area contributed by atoms with Crippen molar-refractivity contribution in [2.45, 2.75) is 30.6 Å². The van der Waals surface area contributed by atoms with Gasteiger partial charge in [-0.15, -0.1) is 4.40 Å². The first-order chi connectivity index (χ1) is 15.2. The second-order valence-electron chi connectivity index (χ2n) is 7.47. The minimum atomic E-state index is -3.91. The highest BCUT2D eigenvalue weighted by Gasteiger charge is 2.19. The monoisotopic (exact) mass is 458 g/mol. The number of likely N-dealkylation sites (tertiary alicyclic amines) is 1. The number of hydrogen-bond donors (Lipinski definition) is 2. The van der Waals surface area contributed by atoms with E-state index in [9.17, 15) is 18.0 Å². The van der Waals surface area contributed by atoms with Gasteiger partial charge in [0.25, 0.3) is 15.9 Å². The fourth-order valence-corrected chi connectivity index (χ4v) is 4.37. The van der Waals surface area contributed by atoms with Crippen LogP contribution < -0.4 is 15.8 Å². The molecule has 1 aliphatic heterocycles. The molecule has 2 aromatic rings. The second-order valence-corrected chi connectivity index (χ2v) is 9.07. The summed E-state index contributed by atoms with van der Waals surface area (Å²) in [6, 6.07) is 12.0. The molecule has 1 fully saturated rings. The first kappa shape index (κ1) is 23.3. The Morgan fingerprint density at radius 3 is 2.59 bits per heavy atom. The summed E-state index contributed by atoms with van der Waals surface area (Å²) in [5.74, 6) is -0.0780. The molecule has 0 aromatic heterocycles. The average molecular weight is 459 g/mol. The Labute approximate surface area is 187 Å². The zero-order valence-electron chi connectivity index (χ0n) is 17.8. The van der Waals surface area contributed by atoms with Gasteiger partial charge in [0.1, 0.15) is 11.6 Å². The number of amides is 2. The van der Waals surface area contributed by atoms with Crippen LogP contribution in [0.2, 0.25) is 0 Å². The number of carbonyl (C=O) groups is 2. The minimum absolute atomic E-state index is 0.00315. The summed E-state index contributed by atoms with van der Waals surface area (Å²) in [5.41, 5.74) is 5.83. The van der Waals surface area contributed by atoms with Crippen molar-refractivity contribution in [2.75, 3.05) is 25.5 Å². The standard InChI is InChI=1S/C22H26N4O5S/c1-26-13-4-2-3-8-20(26)25-32(29,30)19-7-5-6-17(14-19)24-21(27)15-31-18-11-9-16(10-12-18)22(23)28/h5-7,9-12,14H,2-4,8,13,15H2,1H3,(H2,23,28)(H,24,27)/b25-20+. The molecule has 0 saturated carbocycles. The smallest absolute Gasteiger partial charge is 0.284 e. The van der Waals surface area contributed by atoms with Gasteiger partial charge < -0.3 is 20.7 Å². The number of carbonyl (C=O) groups excluding carboxylic acids is 2. The lowest BCUT2D eigenvalue weighted by molar-refractivity contribution is -0.118. The quantitative estimate of drug-likeness (QED) is 0.655. The molecule has 0 spiro atoms. The molecule has 1 heterocycles. The molecular formula is C22H26N4O5S. The topological polar surface area (TPSA) is 131 Å². The van der Waals surface area contributed by atoms with Crippen LogP contribution in [-0.4, -0.2) is 51.2 Å². The fourth-order valence-electron chi connectivity index (χ4n) is 3.23. The molecule has 0 bridgehead atoms. The normalized spacial score (nSPS) is 15.8. The molecule has 3 N–H and O–H groups in total. The molecule has 2 aromatic carbocycles. The van der Waals surface area contributed by atoms with Crippen molar-refractivity contribution in [3.63, 3.8) is 0 Å². The fraction of sp³-hybridized carbons (Fsp3) is 0.318. The number of benzene rings is 2. The maximum absolute atomic E-state index is 12.8. The SMILES string of the molecule is CN1CCCCC/C1=N\S(=O)(=O)c1cccc(NC(=O)COc2ccc(C(N)=O)cc2)c1. The Balaban J connectivity index is 1.64. The number of rotatable bonds is 7. The highest BCUT2D eigenvalue weighted by atomic mass is 32.2. The number of nitrogens with one attached hydrogen (secondary N) is 1. The first-order valence-electron chi connectivity index (χ1n) is 10.2. The summed E-state index contributed by atoms with van der Waals surface area (Å²) in [6.45, 7) is 0.482. The van der Waals surface area contributed by atoms with Gasteiger partial charge in [-0.25, -0.2) is 0 Å². The van der Waals surface area contributed by atoms with Crippen LogP contribution in [0.25, 0.3) is 0 Å². The predicted molar refractivity (Wildman–Crippen MR) is 121 cm³/mol. The van der Waals surface area contributed by atoms with E-state index in [-0.39, 0.29) is 11.5 Å². The van der Waals surface area contributed by atoms with Crippen molar-refractivity contribution >= 4 is 33.4 Å². The number of amidine groups is 1. The lowest BCUT2D eigenvalue weighted by Crippen LogP contribution is -2.27. The third-order valence-electron chi connectivity index (χ3n) is 4.98. The van der Waals surface area contributed by atoms with Crippen LogP contribution in [0.4, 0.5) is 5.69 Å². The third kappa shape index (κ3) is 6.30. The van der Waals surface area contributed by atoms with Crippen LogP contribution in [0.3, 0.4) is 0 Å². The Morgan fingerprint density at radius 1 is 1.12 bits per heavy atom. The van der Waals surface area contributed by atoms with Crippen LogP contribution in [0.1, 0.15) is 36.0 Å². The summed E-state index contributed by atoms with van der Waals surface area (Å²) >= 11 is 0. The van der Waals surface area contributed by atoms with E-state index in [1.54, 1.807) is 12.1 Å². The lowest BCUT2D eigenvalue weighted by atomic mass is 10.2. The van der Waals surface area contributed by atoms with Gasteiger partial charge in [0.2, 0.25) is 5.91 Å². The molecule has 10 heteroatoms. The zero-order chi connectivity index (χ0) is 23.1. The van der Waals surface area contributed by atoms with Crippen molar-refractivity contribution in [3.05, 3.63) is 54.1 Å². The van der Waals surface area contributed by atoms with Crippen LogP contribution in [0.5, 0.6) is 5.75 Å². The van der Waals surface area contributed by atoms with Crippen molar-refractivity contribution < 1.29 is 22.7 Å². The van der Waals surface area contributed by atoms with E-state index in [0.717, 1.165) is 25.8 Å². The molecule has 0 aliphatic carbocycles. The van der Waals surface area contributed by atoms with E-state index in [4.69, 9.17) is 10.5 Å². The molecule has 32 heavy (non-hydrogen) atoms. The molecule has 2 amide bonds. The van der Waals surface area contributed by atoms with Crippen molar-refractivity contribution in [2.24, 2.45) is 10.1 Å². The van der Waals surface area contributed by atoms with Gasteiger partial charge in [-0.05, 0) is 55.3 Å². The van der Waals surface area contributed by atoms with Gasteiger partial charge in [-0.1, -0.05) is 12.5 Å². The Morgan fingerprint density at radius 2 is 1.88 bits per heavy atom. The Hall–Kier alpha value is -3.40. The average Bonchev–Trinajstić information content (AvgIpc) is 2.96. The van der Waals surface area contributed by atoms with Crippen molar-refractivity contribution in [1.29, 1.82) is 0 Å². The predicted octanol–water partition coefficient (Wildman–Crippen LogP) is 2.40. The van der Waals surface area contributed by atoms with Crippen LogP contribution >= 0.6 is 0 Å². The summed E-state index contributed by atoms with van der Waals surface area (Å²) in [5, 5.41) is 2.62. The molecule has 9 nitrogen and oxygen atoms in total. The Bertz CT molecular complexity index is 1110. The molecule has 1 aliphatic rings. The van der Waals surface area contributed by atoms with Gasteiger partial charge in [-0.2, -0.15) is 8.42 Å². The number of primary amides is 1. The number of nitrogens with zero attached hydrogens (tertiary/aromatic N) is 2. The molecule has 0 radical (unpaired) electrons. The number of anilines is 1. The second kappa shape index (κ2) is 10.3. The van der Waals surface area contributed by atoms with Crippen molar-refractivity contribution in [1.82, 2.24) is 4.90 Å². The maximum Gasteiger partial charge on any atom is 0.284 e. The zero-order valence-corrected chi connectivity index (χ0v) is 18.6. The number of nitrogens with two attached hydrogens (primary N) is 1. The van der Waals surface area contributed by atoms with Gasteiger partial charge in [0.05, 0.1) is 4.90 Å². The summed E-state index contributed by atoms with van der Waals surface area (Å²) in [4.78, 5) is 25.2. The summed E-state index contributed by atoms with van der Waals surface area (Å²) < 4.78 is 35.0. The van der Waals surface area contributed by atoms with E-state index >= 15 is 0 Å². The third-order valence-corrected chi connectivity index (χ3v) is 6.29. The summed E-state index contributed by atoms with van der Waals surface area (Å²) in [6.07, 6.45) is 3.57. The molecule has 0 unspecified atom stereocenters. The van der Waals surface area contributed by atoms with Gasteiger partial charge in [0.15, 0.2) is 6.61 Å². The summed E-state index contributed by atoms with van der Waals surface area (Å²) in [7, 11) is -2.06. The molecule has 170 valence electrons. The van der Waals surface area contributed by atoms with E-state index in [2.05, 4.69) is 9.71 Å². The van der Waals surface area contributed by atoms with Crippen LogP contribution in [0.15, 0.2) is 57.8 Å². The van der Waals surface area contributed by atoms with Crippen molar-refractivity contribution in [3.8, 4) is 5.75 Å². The van der Waals surface area contributed by atoms with Gasteiger partial charge in [0, 0.05) is 31.3 Å². The molecule has 0 atom stereocenters. The molecule has 3 rings (SSSR count). The van der Waals surface area contributed by atoms with Gasteiger partial charge in [-0.3, -0.25) is 9.59 Å². The van der Waals surface area contributed by atoms with E-state index < -0.39 is 21.8 Å². The lowest BCUT2D eigenvalue weighted by Gasteiger charge is -2.17. The van der Waals surface area contributed by atoms with Crippen LogP contribution in [-0.2, 0) is 14.8 Å². The number of hydrogen-bond acceptors (Lipinski definition) is 5. The molecular weight excluding hydrogens is 432 g/mol. The van der Waals surface area contributed by atoms with E-state index in [1.807, 2.05) is 11.9 Å². The largest absolute Gasteiger partial charge is 0.484 e. The van der Waals surface area contributed by atoms with Gasteiger partial charge >= 0.3 is 0 Å². The Kier molecular flexibility index (Phi) is 7.47. The highest BCUT2D eigenvalue weighted by Crippen LogP contribution is 2.20. The van der Waals surface area contributed by atoms with Crippen LogP contribution in [0, 0.1) is 0 Å². The highest BCUT2D eigenvalue weighted by molar-refractivity contribution is 7.90. The minimum Gasteiger partial charge on any atom is -0.484 e. The number of ether oxygens (including phenoxy) is 1. The first-order valence-corrected chi connectivity index (χ1v) is 11.7.